The molecule has 0 bridgehead atoms. The zero-order valence-electron chi connectivity index (χ0n) is 22.9. The first-order valence-corrected chi connectivity index (χ1v) is 14.1. The van der Waals surface area contributed by atoms with E-state index in [2.05, 4.69) is 65.6 Å². The minimum absolute atomic E-state index is 0.530. The first-order chi connectivity index (χ1) is 14.6. The number of nitrogens with one attached hydrogen (secondary N) is 1. The van der Waals surface area contributed by atoms with Gasteiger partial charge in [0.15, 0.2) is 0 Å². The summed E-state index contributed by atoms with van der Waals surface area (Å²) < 4.78 is 0. The van der Waals surface area contributed by atoms with E-state index in [1.165, 1.54) is 96.9 Å². The Kier molecular flexibility index (Phi) is 14.7. The van der Waals surface area contributed by atoms with Crippen LogP contribution >= 0.6 is 0 Å². The van der Waals surface area contributed by atoms with Crippen LogP contribution in [0.1, 0.15) is 120 Å². The van der Waals surface area contributed by atoms with E-state index in [-0.39, 0.29) is 0 Å². The van der Waals surface area contributed by atoms with Crippen LogP contribution in [0.4, 0.5) is 0 Å². The molecule has 0 atom stereocenters. The van der Waals surface area contributed by atoms with E-state index in [1.54, 1.807) is 0 Å². The molecular formula is C29H60N2. The van der Waals surface area contributed by atoms with Crippen molar-refractivity contribution in [2.24, 2.45) is 35.0 Å². The summed E-state index contributed by atoms with van der Waals surface area (Å²) in [5.41, 5.74) is 0.530. The zero-order valence-corrected chi connectivity index (χ0v) is 22.9. The SMILES string of the molecule is CC(C)(C)CC1CCNCC1.CC(C)C1CCCCC1.CCN1CCC(C(C)C)CC1. The van der Waals surface area contributed by atoms with Crippen molar-refractivity contribution in [3.8, 4) is 0 Å². The maximum atomic E-state index is 3.40. The largest absolute Gasteiger partial charge is 0.317 e. The molecule has 0 radical (unpaired) electrons. The molecule has 0 aromatic rings. The summed E-state index contributed by atoms with van der Waals surface area (Å²) >= 11 is 0. The van der Waals surface area contributed by atoms with Crippen LogP contribution in [-0.2, 0) is 0 Å². The summed E-state index contributed by atoms with van der Waals surface area (Å²) in [7, 11) is 0. The lowest BCUT2D eigenvalue weighted by Gasteiger charge is -2.32. The van der Waals surface area contributed by atoms with Gasteiger partial charge in [-0.2, -0.15) is 0 Å². The smallest absolute Gasteiger partial charge is 0.00161 e. The van der Waals surface area contributed by atoms with Crippen molar-refractivity contribution in [2.45, 2.75) is 120 Å². The molecule has 0 spiro atoms. The van der Waals surface area contributed by atoms with Crippen LogP contribution in [-0.4, -0.2) is 37.6 Å². The van der Waals surface area contributed by atoms with Crippen molar-refractivity contribution in [1.82, 2.24) is 10.2 Å². The molecule has 0 unspecified atom stereocenters. The van der Waals surface area contributed by atoms with E-state index >= 15 is 0 Å². The fourth-order valence-electron chi connectivity index (χ4n) is 5.69. The van der Waals surface area contributed by atoms with Gasteiger partial charge in [0.05, 0.1) is 0 Å². The zero-order chi connectivity index (χ0) is 23.3. The molecule has 186 valence electrons. The Morgan fingerprint density at radius 2 is 1.23 bits per heavy atom. The van der Waals surface area contributed by atoms with Crippen LogP contribution in [0.5, 0.6) is 0 Å². The summed E-state index contributed by atoms with van der Waals surface area (Å²) in [5, 5.41) is 3.40. The molecule has 31 heavy (non-hydrogen) atoms. The fourth-order valence-corrected chi connectivity index (χ4v) is 5.69. The molecule has 1 saturated carbocycles. The molecular weight excluding hydrogens is 376 g/mol. The topological polar surface area (TPSA) is 15.3 Å². The van der Waals surface area contributed by atoms with E-state index in [0.717, 1.165) is 29.6 Å². The van der Waals surface area contributed by atoms with Crippen LogP contribution in [0.25, 0.3) is 0 Å². The molecule has 2 aliphatic heterocycles. The van der Waals surface area contributed by atoms with Crippen molar-refractivity contribution < 1.29 is 0 Å². The van der Waals surface area contributed by atoms with Crippen LogP contribution in [0.2, 0.25) is 0 Å². The van der Waals surface area contributed by atoms with E-state index in [0.29, 0.717) is 5.41 Å². The number of likely N-dealkylation sites (tertiary alicyclic amines) is 1. The standard InChI is InChI=1S/2C10H21N.C9H18/c1-10(2,3)8-9-4-6-11-7-5-9;1-4-11-7-5-10(6-8-11)9(2)3;1-8(2)9-6-4-3-5-7-9/h9,11H,4-8H2,1-3H3;9-10H,4-8H2,1-3H3;8-9H,3-7H2,1-2H3. The van der Waals surface area contributed by atoms with E-state index in [1.807, 2.05) is 0 Å². The highest BCUT2D eigenvalue weighted by atomic mass is 15.1. The first-order valence-electron chi connectivity index (χ1n) is 14.1. The van der Waals surface area contributed by atoms with Gasteiger partial charge in [0.25, 0.3) is 0 Å². The van der Waals surface area contributed by atoms with Crippen LogP contribution in [0.3, 0.4) is 0 Å². The van der Waals surface area contributed by atoms with Gasteiger partial charge in [0.2, 0.25) is 0 Å². The molecule has 2 heteroatoms. The maximum Gasteiger partial charge on any atom is -0.00161 e. The molecule has 2 heterocycles. The van der Waals surface area contributed by atoms with Gasteiger partial charge in [-0.15, -0.1) is 0 Å². The maximum absolute atomic E-state index is 3.40. The summed E-state index contributed by atoms with van der Waals surface area (Å²) in [5.74, 6) is 4.87. The van der Waals surface area contributed by atoms with Gasteiger partial charge in [0, 0.05) is 0 Å². The Balaban J connectivity index is 0.000000234. The Hall–Kier alpha value is -0.0800. The third kappa shape index (κ3) is 13.9. The van der Waals surface area contributed by atoms with E-state index < -0.39 is 0 Å². The average Bonchev–Trinajstić information content (AvgIpc) is 2.75. The lowest BCUT2D eigenvalue weighted by molar-refractivity contribution is 0.164. The van der Waals surface area contributed by atoms with Crippen molar-refractivity contribution >= 4 is 0 Å². The first kappa shape index (κ1) is 29.0. The molecule has 0 amide bonds. The number of hydrogen-bond donors (Lipinski definition) is 1. The summed E-state index contributed by atoms with van der Waals surface area (Å²) in [6, 6.07) is 0. The summed E-state index contributed by atoms with van der Waals surface area (Å²) in [4.78, 5) is 2.55. The predicted molar refractivity (Wildman–Crippen MR) is 141 cm³/mol. The second kappa shape index (κ2) is 15.7. The highest BCUT2D eigenvalue weighted by molar-refractivity contribution is 4.74. The van der Waals surface area contributed by atoms with Crippen molar-refractivity contribution in [3.05, 3.63) is 0 Å². The Bertz CT molecular complexity index is 403. The molecule has 1 aliphatic carbocycles. The Morgan fingerprint density at radius 3 is 1.61 bits per heavy atom. The fraction of sp³-hybridized carbons (Fsp3) is 1.00. The van der Waals surface area contributed by atoms with Gasteiger partial charge in [-0.3, -0.25) is 0 Å². The van der Waals surface area contributed by atoms with Gasteiger partial charge in [-0.1, -0.05) is 87.5 Å². The highest BCUT2D eigenvalue weighted by Gasteiger charge is 2.21. The molecule has 3 rings (SSSR count). The number of hydrogen-bond acceptors (Lipinski definition) is 2. The van der Waals surface area contributed by atoms with Crippen molar-refractivity contribution in [2.75, 3.05) is 32.7 Å². The average molecular weight is 437 g/mol. The van der Waals surface area contributed by atoms with E-state index in [9.17, 15) is 0 Å². The second-order valence-corrected chi connectivity index (χ2v) is 12.6. The second-order valence-electron chi connectivity index (χ2n) is 12.6. The normalized spacial score (nSPS) is 22.6. The highest BCUT2D eigenvalue weighted by Crippen LogP contribution is 2.30. The van der Waals surface area contributed by atoms with Crippen LogP contribution in [0, 0.1) is 35.0 Å². The van der Waals surface area contributed by atoms with Gasteiger partial charge < -0.3 is 10.2 Å². The van der Waals surface area contributed by atoms with Crippen molar-refractivity contribution in [3.63, 3.8) is 0 Å². The predicted octanol–water partition coefficient (Wildman–Crippen LogP) is 8.02. The molecule has 2 saturated heterocycles. The molecule has 2 nitrogen and oxygen atoms in total. The third-order valence-electron chi connectivity index (χ3n) is 7.97. The molecule has 0 aromatic carbocycles. The van der Waals surface area contributed by atoms with E-state index in [4.69, 9.17) is 0 Å². The number of rotatable bonds is 4. The van der Waals surface area contributed by atoms with Crippen LogP contribution in [0.15, 0.2) is 0 Å². The minimum Gasteiger partial charge on any atom is -0.317 e. The van der Waals surface area contributed by atoms with Gasteiger partial charge in [0.1, 0.15) is 0 Å². The molecule has 1 N–H and O–H groups in total. The van der Waals surface area contributed by atoms with Gasteiger partial charge in [-0.25, -0.2) is 0 Å². The Labute approximate surface area is 197 Å². The molecule has 3 fully saturated rings. The third-order valence-corrected chi connectivity index (χ3v) is 7.97. The quantitative estimate of drug-likeness (QED) is 0.480. The lowest BCUT2D eigenvalue weighted by atomic mass is 9.81. The summed E-state index contributed by atoms with van der Waals surface area (Å²) in [6.45, 7) is 25.1. The molecule has 3 aliphatic rings. The van der Waals surface area contributed by atoms with Gasteiger partial charge >= 0.3 is 0 Å². The summed E-state index contributed by atoms with van der Waals surface area (Å²) in [6.07, 6.45) is 14.5. The number of nitrogens with zero attached hydrogens (tertiary/aromatic N) is 1. The minimum atomic E-state index is 0.530. The number of piperidine rings is 2. The Morgan fingerprint density at radius 1 is 0.742 bits per heavy atom. The van der Waals surface area contributed by atoms with Crippen molar-refractivity contribution in [1.29, 1.82) is 0 Å². The lowest BCUT2D eigenvalue weighted by Crippen LogP contribution is -2.34. The van der Waals surface area contributed by atoms with Gasteiger partial charge in [-0.05, 0) is 99.8 Å². The monoisotopic (exact) mass is 436 g/mol. The van der Waals surface area contributed by atoms with Crippen LogP contribution < -0.4 is 5.32 Å². The molecule has 0 aromatic heterocycles.